The Morgan fingerprint density at radius 3 is 2.40 bits per heavy atom. The first-order valence-electron chi connectivity index (χ1n) is 8.97. The average Bonchev–Trinajstić information content (AvgIpc) is 3.18. The minimum Gasteiger partial charge on any atom is -0.308 e. The Balaban J connectivity index is 1.71. The summed E-state index contributed by atoms with van der Waals surface area (Å²) in [6.45, 7) is 13.5. The maximum atomic E-state index is 3.92. The van der Waals surface area contributed by atoms with Crippen LogP contribution in [0.2, 0.25) is 0 Å². The lowest BCUT2D eigenvalue weighted by molar-refractivity contribution is -0.0130. The molecule has 1 N–H and O–H groups in total. The Labute approximate surface area is 125 Å². The van der Waals surface area contributed by atoms with Gasteiger partial charge >= 0.3 is 0 Å². The lowest BCUT2D eigenvalue weighted by Gasteiger charge is -2.53. The standard InChI is InChI=1S/C18H34N2/c1-5-18(9-6-10-18)13-20-12-17(4,15-7-8-15)19-11-16(20)14(2)3/h14-16,19H,5-13H2,1-4H3. The van der Waals surface area contributed by atoms with Gasteiger partial charge in [0.2, 0.25) is 0 Å². The number of piperazine rings is 1. The van der Waals surface area contributed by atoms with E-state index < -0.39 is 0 Å². The van der Waals surface area contributed by atoms with Crippen molar-refractivity contribution in [2.75, 3.05) is 19.6 Å². The summed E-state index contributed by atoms with van der Waals surface area (Å²) in [4.78, 5) is 2.88. The molecule has 0 bridgehead atoms. The van der Waals surface area contributed by atoms with E-state index in [4.69, 9.17) is 0 Å². The van der Waals surface area contributed by atoms with E-state index in [0.29, 0.717) is 11.0 Å². The minimum absolute atomic E-state index is 0.393. The Bertz CT molecular complexity index is 336. The maximum absolute atomic E-state index is 3.92. The summed E-state index contributed by atoms with van der Waals surface area (Å²) in [7, 11) is 0. The van der Waals surface area contributed by atoms with Gasteiger partial charge in [0.1, 0.15) is 0 Å². The van der Waals surface area contributed by atoms with Crippen molar-refractivity contribution in [3.8, 4) is 0 Å². The largest absolute Gasteiger partial charge is 0.308 e. The van der Waals surface area contributed by atoms with E-state index in [1.807, 2.05) is 0 Å². The van der Waals surface area contributed by atoms with Crippen molar-refractivity contribution in [2.45, 2.75) is 77.8 Å². The molecule has 0 aromatic rings. The second kappa shape index (κ2) is 5.28. The van der Waals surface area contributed by atoms with E-state index in [9.17, 15) is 0 Å². The van der Waals surface area contributed by atoms with Crippen molar-refractivity contribution in [1.29, 1.82) is 0 Å². The third-order valence-corrected chi connectivity index (χ3v) is 6.67. The lowest BCUT2D eigenvalue weighted by atomic mass is 9.66. The van der Waals surface area contributed by atoms with E-state index in [2.05, 4.69) is 37.9 Å². The topological polar surface area (TPSA) is 15.3 Å². The molecule has 1 saturated heterocycles. The molecule has 2 aliphatic carbocycles. The molecule has 2 heteroatoms. The van der Waals surface area contributed by atoms with Crippen LogP contribution in [0.5, 0.6) is 0 Å². The summed E-state index contributed by atoms with van der Waals surface area (Å²) in [5, 5.41) is 3.92. The Morgan fingerprint density at radius 1 is 1.25 bits per heavy atom. The highest BCUT2D eigenvalue weighted by Gasteiger charge is 2.48. The molecule has 1 aliphatic heterocycles. The van der Waals surface area contributed by atoms with Crippen LogP contribution >= 0.6 is 0 Å². The van der Waals surface area contributed by atoms with Crippen LogP contribution in [0.1, 0.15) is 66.2 Å². The number of hydrogen-bond donors (Lipinski definition) is 1. The van der Waals surface area contributed by atoms with Gasteiger partial charge in [0.25, 0.3) is 0 Å². The molecule has 2 atom stereocenters. The molecular formula is C18H34N2. The second-order valence-corrected chi connectivity index (χ2v) is 8.50. The molecular weight excluding hydrogens is 244 g/mol. The average molecular weight is 278 g/mol. The van der Waals surface area contributed by atoms with E-state index in [1.54, 1.807) is 0 Å². The molecule has 0 amide bonds. The van der Waals surface area contributed by atoms with Gasteiger partial charge in [0, 0.05) is 31.2 Å². The summed E-state index contributed by atoms with van der Waals surface area (Å²) in [5.41, 5.74) is 1.05. The van der Waals surface area contributed by atoms with Gasteiger partial charge in [-0.05, 0) is 56.3 Å². The van der Waals surface area contributed by atoms with Crippen LogP contribution < -0.4 is 5.32 Å². The summed E-state index contributed by atoms with van der Waals surface area (Å²) < 4.78 is 0. The zero-order chi connectivity index (χ0) is 14.4. The quantitative estimate of drug-likeness (QED) is 0.825. The fourth-order valence-electron chi connectivity index (χ4n) is 4.62. The van der Waals surface area contributed by atoms with Crippen LogP contribution in [0.15, 0.2) is 0 Å². The van der Waals surface area contributed by atoms with Gasteiger partial charge in [-0.25, -0.2) is 0 Å². The van der Waals surface area contributed by atoms with Crippen LogP contribution in [-0.2, 0) is 0 Å². The Hall–Kier alpha value is -0.0800. The summed E-state index contributed by atoms with van der Waals surface area (Å²) in [5.74, 6) is 1.71. The van der Waals surface area contributed by atoms with Crippen molar-refractivity contribution in [2.24, 2.45) is 17.3 Å². The molecule has 116 valence electrons. The molecule has 0 radical (unpaired) electrons. The highest BCUT2D eigenvalue weighted by Crippen LogP contribution is 2.47. The van der Waals surface area contributed by atoms with Crippen molar-refractivity contribution < 1.29 is 0 Å². The SMILES string of the molecule is CCC1(CN2CC(C)(C3CC3)NCC2C(C)C)CCC1. The molecule has 1 heterocycles. The van der Waals surface area contributed by atoms with Gasteiger partial charge in [-0.1, -0.05) is 27.2 Å². The molecule has 3 rings (SSSR count). The number of nitrogens with zero attached hydrogens (tertiary/aromatic N) is 1. The third kappa shape index (κ3) is 2.66. The molecule has 20 heavy (non-hydrogen) atoms. The summed E-state index contributed by atoms with van der Waals surface area (Å²) in [6.07, 6.45) is 8.68. The van der Waals surface area contributed by atoms with Crippen molar-refractivity contribution in [3.63, 3.8) is 0 Å². The van der Waals surface area contributed by atoms with Gasteiger partial charge in [-0.2, -0.15) is 0 Å². The first-order chi connectivity index (χ1) is 9.48. The Kier molecular flexibility index (Phi) is 3.92. The second-order valence-electron chi connectivity index (χ2n) is 8.50. The first-order valence-corrected chi connectivity index (χ1v) is 8.97. The molecule has 3 fully saturated rings. The highest BCUT2D eigenvalue weighted by atomic mass is 15.3. The zero-order valence-corrected chi connectivity index (χ0v) is 14.0. The molecule has 2 saturated carbocycles. The molecule has 2 unspecified atom stereocenters. The predicted molar refractivity (Wildman–Crippen MR) is 85.9 cm³/mol. The van der Waals surface area contributed by atoms with Gasteiger partial charge in [0.05, 0.1) is 0 Å². The molecule has 0 aromatic carbocycles. The van der Waals surface area contributed by atoms with E-state index in [-0.39, 0.29) is 0 Å². The Morgan fingerprint density at radius 2 is 1.95 bits per heavy atom. The summed E-state index contributed by atoms with van der Waals surface area (Å²) >= 11 is 0. The van der Waals surface area contributed by atoms with Crippen molar-refractivity contribution in [3.05, 3.63) is 0 Å². The fourth-order valence-corrected chi connectivity index (χ4v) is 4.62. The smallest absolute Gasteiger partial charge is 0.0309 e. The van der Waals surface area contributed by atoms with Crippen molar-refractivity contribution >= 4 is 0 Å². The summed E-state index contributed by atoms with van der Waals surface area (Å²) in [6, 6.07) is 0.742. The normalized spacial score (nSPS) is 38.0. The highest BCUT2D eigenvalue weighted by molar-refractivity contribution is 5.05. The van der Waals surface area contributed by atoms with E-state index in [0.717, 1.165) is 17.9 Å². The van der Waals surface area contributed by atoms with Crippen LogP contribution in [0.3, 0.4) is 0 Å². The molecule has 0 spiro atoms. The fraction of sp³-hybridized carbons (Fsp3) is 1.00. The van der Waals surface area contributed by atoms with Gasteiger partial charge in [0.15, 0.2) is 0 Å². The van der Waals surface area contributed by atoms with Gasteiger partial charge in [-0.3, -0.25) is 4.90 Å². The van der Waals surface area contributed by atoms with E-state index >= 15 is 0 Å². The molecule has 0 aromatic heterocycles. The van der Waals surface area contributed by atoms with Gasteiger partial charge < -0.3 is 5.32 Å². The molecule has 3 aliphatic rings. The number of hydrogen-bond acceptors (Lipinski definition) is 2. The van der Waals surface area contributed by atoms with Crippen LogP contribution in [0.4, 0.5) is 0 Å². The monoisotopic (exact) mass is 278 g/mol. The first kappa shape index (κ1) is 14.8. The van der Waals surface area contributed by atoms with Crippen LogP contribution in [0.25, 0.3) is 0 Å². The van der Waals surface area contributed by atoms with E-state index in [1.165, 1.54) is 58.2 Å². The number of rotatable bonds is 5. The van der Waals surface area contributed by atoms with Gasteiger partial charge in [-0.15, -0.1) is 0 Å². The number of nitrogens with one attached hydrogen (secondary N) is 1. The predicted octanol–water partition coefficient (Wildman–Crippen LogP) is 3.67. The minimum atomic E-state index is 0.393. The van der Waals surface area contributed by atoms with Crippen LogP contribution in [0, 0.1) is 17.3 Å². The zero-order valence-electron chi connectivity index (χ0n) is 14.0. The third-order valence-electron chi connectivity index (χ3n) is 6.67. The lowest BCUT2D eigenvalue weighted by Crippen LogP contribution is -2.66. The van der Waals surface area contributed by atoms with Crippen molar-refractivity contribution in [1.82, 2.24) is 10.2 Å². The molecule has 2 nitrogen and oxygen atoms in total. The van der Waals surface area contributed by atoms with Crippen LogP contribution in [-0.4, -0.2) is 36.1 Å². The maximum Gasteiger partial charge on any atom is 0.0309 e.